The molecule has 0 fully saturated rings. The third kappa shape index (κ3) is 4.37. The molecule has 1 aromatic rings. The maximum Gasteiger partial charge on any atom is 0.221 e. The topological polar surface area (TPSA) is 81.6 Å². The number of aromatic hydroxyl groups is 1. The lowest BCUT2D eigenvalue weighted by atomic mass is 10.2. The zero-order valence-electron chi connectivity index (χ0n) is 8.86. The van der Waals surface area contributed by atoms with Crippen LogP contribution in [0.15, 0.2) is 18.2 Å². The summed E-state index contributed by atoms with van der Waals surface area (Å²) in [5.41, 5.74) is 1.06. The van der Waals surface area contributed by atoms with E-state index in [0.29, 0.717) is 17.9 Å². The molecule has 1 aromatic carbocycles. The number of phenols is 1. The van der Waals surface area contributed by atoms with Crippen LogP contribution in [0.25, 0.3) is 0 Å². The summed E-state index contributed by atoms with van der Waals surface area (Å²) in [6, 6.07) is 4.75. The van der Waals surface area contributed by atoms with Gasteiger partial charge < -0.3 is 20.8 Å². The van der Waals surface area contributed by atoms with Gasteiger partial charge in [0.15, 0.2) is 0 Å². The predicted octanol–water partition coefficient (Wildman–Crippen LogP) is 1.18. The molecule has 1 amide bonds. The van der Waals surface area contributed by atoms with Crippen molar-refractivity contribution in [3.8, 4) is 5.75 Å². The Hall–Kier alpha value is -1.46. The Morgan fingerprint density at radius 2 is 2.12 bits per heavy atom. The average molecular weight is 247 g/mol. The van der Waals surface area contributed by atoms with Crippen molar-refractivity contribution in [1.29, 1.82) is 0 Å². The highest BCUT2D eigenvalue weighted by Gasteiger charge is 2.02. The van der Waals surface area contributed by atoms with Crippen molar-refractivity contribution >= 4 is 29.7 Å². The molecular formula is C10H15ClN2O3. The fraction of sp³-hybridized carbons (Fsp3) is 0.300. The first-order chi connectivity index (χ1) is 7.13. The number of carbonyl (C=O) groups is 1. The summed E-state index contributed by atoms with van der Waals surface area (Å²) in [5.74, 6) is -0.153. The number of nitrogens with one attached hydrogen (secondary N) is 2. The van der Waals surface area contributed by atoms with Crippen LogP contribution in [0, 0.1) is 0 Å². The smallest absolute Gasteiger partial charge is 0.221 e. The first-order valence-electron chi connectivity index (χ1n) is 4.59. The van der Waals surface area contributed by atoms with E-state index in [9.17, 15) is 9.90 Å². The van der Waals surface area contributed by atoms with Crippen LogP contribution in [0.1, 0.15) is 6.92 Å². The fourth-order valence-corrected chi connectivity index (χ4v) is 1.15. The molecule has 0 saturated carbocycles. The van der Waals surface area contributed by atoms with Crippen molar-refractivity contribution in [3.63, 3.8) is 0 Å². The molecule has 5 nitrogen and oxygen atoms in total. The van der Waals surface area contributed by atoms with Crippen LogP contribution >= 0.6 is 12.4 Å². The van der Waals surface area contributed by atoms with Gasteiger partial charge in [0.1, 0.15) is 5.75 Å². The lowest BCUT2D eigenvalue weighted by Crippen LogP contribution is -2.07. The number of halogens is 1. The first-order valence-corrected chi connectivity index (χ1v) is 4.59. The molecule has 0 bridgehead atoms. The number of rotatable bonds is 4. The van der Waals surface area contributed by atoms with Gasteiger partial charge in [0.05, 0.1) is 12.3 Å². The molecule has 0 atom stereocenters. The predicted molar refractivity (Wildman–Crippen MR) is 65.2 cm³/mol. The van der Waals surface area contributed by atoms with Crippen molar-refractivity contribution in [2.75, 3.05) is 23.8 Å². The molecule has 1 rings (SSSR count). The minimum atomic E-state index is -0.189. The van der Waals surface area contributed by atoms with Crippen molar-refractivity contribution in [3.05, 3.63) is 18.2 Å². The maximum absolute atomic E-state index is 10.7. The highest BCUT2D eigenvalue weighted by molar-refractivity contribution is 5.89. The van der Waals surface area contributed by atoms with Crippen molar-refractivity contribution in [2.24, 2.45) is 0 Å². The highest BCUT2D eigenvalue weighted by Crippen LogP contribution is 2.26. The Bertz CT molecular complexity index is 358. The summed E-state index contributed by atoms with van der Waals surface area (Å²) in [6.07, 6.45) is 0. The van der Waals surface area contributed by atoms with Crippen LogP contribution in [0.2, 0.25) is 0 Å². The number of amides is 1. The fourth-order valence-electron chi connectivity index (χ4n) is 1.15. The van der Waals surface area contributed by atoms with E-state index in [-0.39, 0.29) is 30.7 Å². The monoisotopic (exact) mass is 246 g/mol. The lowest BCUT2D eigenvalue weighted by molar-refractivity contribution is -0.114. The van der Waals surface area contributed by atoms with Gasteiger partial charge in [-0.05, 0) is 12.1 Å². The van der Waals surface area contributed by atoms with Crippen LogP contribution in [0.3, 0.4) is 0 Å². The van der Waals surface area contributed by atoms with E-state index >= 15 is 0 Å². The van der Waals surface area contributed by atoms with Crippen LogP contribution in [0.4, 0.5) is 11.4 Å². The van der Waals surface area contributed by atoms with Gasteiger partial charge in [-0.2, -0.15) is 0 Å². The van der Waals surface area contributed by atoms with Crippen molar-refractivity contribution in [1.82, 2.24) is 0 Å². The van der Waals surface area contributed by atoms with Crippen molar-refractivity contribution < 1.29 is 15.0 Å². The van der Waals surface area contributed by atoms with Gasteiger partial charge in [-0.3, -0.25) is 4.79 Å². The number of aliphatic hydroxyl groups is 1. The van der Waals surface area contributed by atoms with E-state index in [1.807, 2.05) is 0 Å². The lowest BCUT2D eigenvalue weighted by Gasteiger charge is -2.08. The van der Waals surface area contributed by atoms with Crippen LogP contribution in [-0.2, 0) is 4.79 Å². The molecule has 6 heteroatoms. The number of hydrogen-bond acceptors (Lipinski definition) is 4. The molecule has 0 spiro atoms. The Kier molecular flexibility index (Phi) is 6.29. The number of benzene rings is 1. The minimum Gasteiger partial charge on any atom is -0.506 e. The van der Waals surface area contributed by atoms with Gasteiger partial charge in [0, 0.05) is 25.2 Å². The van der Waals surface area contributed by atoms with Gasteiger partial charge in [-0.15, -0.1) is 12.4 Å². The third-order valence-electron chi connectivity index (χ3n) is 1.75. The summed E-state index contributed by atoms with van der Waals surface area (Å²) in [7, 11) is 0. The Labute approximate surface area is 99.9 Å². The molecule has 0 aliphatic heterocycles. The zero-order chi connectivity index (χ0) is 11.3. The van der Waals surface area contributed by atoms with Crippen LogP contribution in [-0.4, -0.2) is 29.3 Å². The standard InChI is InChI=1S/C10H14N2O3.ClH/c1-7(14)12-8-2-3-9(10(15)6-8)11-4-5-13;/h2-3,6,11,13,15H,4-5H2,1H3,(H,12,14);1H. The second-order valence-electron chi connectivity index (χ2n) is 3.06. The van der Waals surface area contributed by atoms with E-state index < -0.39 is 0 Å². The van der Waals surface area contributed by atoms with Gasteiger partial charge in [-0.1, -0.05) is 0 Å². The van der Waals surface area contributed by atoms with Gasteiger partial charge >= 0.3 is 0 Å². The number of carbonyl (C=O) groups excluding carboxylic acids is 1. The van der Waals surface area contributed by atoms with Crippen LogP contribution < -0.4 is 10.6 Å². The minimum absolute atomic E-state index is 0. The van der Waals surface area contributed by atoms with E-state index in [0.717, 1.165) is 0 Å². The molecule has 16 heavy (non-hydrogen) atoms. The average Bonchev–Trinajstić information content (AvgIpc) is 2.15. The highest BCUT2D eigenvalue weighted by atomic mass is 35.5. The molecule has 0 heterocycles. The molecule has 0 aromatic heterocycles. The van der Waals surface area contributed by atoms with E-state index in [4.69, 9.17) is 5.11 Å². The van der Waals surface area contributed by atoms with E-state index in [1.165, 1.54) is 13.0 Å². The second-order valence-corrected chi connectivity index (χ2v) is 3.06. The molecule has 0 aliphatic carbocycles. The summed E-state index contributed by atoms with van der Waals surface area (Å²) < 4.78 is 0. The summed E-state index contributed by atoms with van der Waals surface area (Å²) in [5, 5.41) is 23.5. The molecule has 4 N–H and O–H groups in total. The normalized spacial score (nSPS) is 9.12. The number of phenolic OH excluding ortho intramolecular Hbond substituents is 1. The zero-order valence-corrected chi connectivity index (χ0v) is 9.67. The van der Waals surface area contributed by atoms with Gasteiger partial charge in [-0.25, -0.2) is 0 Å². The summed E-state index contributed by atoms with van der Waals surface area (Å²) in [4.78, 5) is 10.7. The largest absolute Gasteiger partial charge is 0.506 e. The molecule has 0 saturated heterocycles. The second kappa shape index (κ2) is 6.92. The van der Waals surface area contributed by atoms with E-state index in [1.54, 1.807) is 12.1 Å². The maximum atomic E-state index is 10.7. The summed E-state index contributed by atoms with van der Waals surface area (Å²) >= 11 is 0. The number of hydrogen-bond donors (Lipinski definition) is 4. The van der Waals surface area contributed by atoms with Crippen molar-refractivity contribution in [2.45, 2.75) is 6.92 Å². The number of aliphatic hydroxyl groups excluding tert-OH is 1. The third-order valence-corrected chi connectivity index (χ3v) is 1.75. The molecule has 0 unspecified atom stereocenters. The molecule has 0 radical (unpaired) electrons. The molecule has 90 valence electrons. The Morgan fingerprint density at radius 3 is 2.62 bits per heavy atom. The quantitative estimate of drug-likeness (QED) is 0.602. The van der Waals surface area contributed by atoms with Gasteiger partial charge in [0.25, 0.3) is 0 Å². The SMILES string of the molecule is CC(=O)Nc1ccc(NCCO)c(O)c1.Cl. The first kappa shape index (κ1) is 14.5. The molecule has 0 aliphatic rings. The molecular weight excluding hydrogens is 232 g/mol. The van der Waals surface area contributed by atoms with E-state index in [2.05, 4.69) is 10.6 Å². The Balaban J connectivity index is 0.00000225. The summed E-state index contributed by atoms with van der Waals surface area (Å²) in [6.45, 7) is 1.76. The van der Waals surface area contributed by atoms with Gasteiger partial charge in [0.2, 0.25) is 5.91 Å². The van der Waals surface area contributed by atoms with Crippen LogP contribution in [0.5, 0.6) is 5.75 Å². The number of anilines is 2. The Morgan fingerprint density at radius 1 is 1.44 bits per heavy atom.